The molecule has 0 spiro atoms. The molecule has 2 rings (SSSR count). The van der Waals surface area contributed by atoms with E-state index in [9.17, 15) is 4.57 Å². The lowest BCUT2D eigenvalue weighted by atomic mass is 9.98. The molecule has 0 saturated carbocycles. The third kappa shape index (κ3) is 10.2. The third-order valence-corrected chi connectivity index (χ3v) is 5.66. The maximum absolute atomic E-state index is 10.8. The quantitative estimate of drug-likeness (QED) is 0.297. The van der Waals surface area contributed by atoms with Crippen molar-refractivity contribution in [3.63, 3.8) is 0 Å². The van der Waals surface area contributed by atoms with E-state index in [1.165, 1.54) is 5.56 Å². The van der Waals surface area contributed by atoms with Gasteiger partial charge in [0, 0.05) is 16.8 Å². The average molecular weight is 437 g/mol. The Labute approximate surface area is 176 Å². The first-order chi connectivity index (χ1) is 13.6. The van der Waals surface area contributed by atoms with Crippen molar-refractivity contribution in [3.8, 4) is 11.8 Å². The van der Waals surface area contributed by atoms with Crippen molar-refractivity contribution in [1.82, 2.24) is 0 Å². The highest BCUT2D eigenvalue weighted by atomic mass is 32.1. The van der Waals surface area contributed by atoms with Gasteiger partial charge in [-0.1, -0.05) is 41.7 Å². The van der Waals surface area contributed by atoms with Gasteiger partial charge in [0.05, 0.1) is 24.7 Å². The Bertz CT molecular complexity index is 876. The van der Waals surface area contributed by atoms with Crippen LogP contribution >= 0.6 is 19.2 Å². The Morgan fingerprint density at radius 3 is 2.62 bits per heavy atom. The predicted molar refractivity (Wildman–Crippen MR) is 116 cm³/mol. The van der Waals surface area contributed by atoms with Gasteiger partial charge >= 0.3 is 7.82 Å². The smallest absolute Gasteiger partial charge is 0.376 e. The van der Waals surface area contributed by atoms with E-state index in [-0.39, 0.29) is 6.61 Å². The average Bonchev–Trinajstić information content (AvgIpc) is 3.10. The summed E-state index contributed by atoms with van der Waals surface area (Å²) in [6, 6.07) is 12.3. The molecule has 0 saturated heterocycles. The molecule has 158 valence electrons. The molecule has 29 heavy (non-hydrogen) atoms. The minimum atomic E-state index is -4.50. The molecule has 0 aliphatic carbocycles. The molecule has 1 atom stereocenters. The first-order valence-corrected chi connectivity index (χ1v) is 11.7. The van der Waals surface area contributed by atoms with Crippen LogP contribution in [0.3, 0.4) is 0 Å². The zero-order valence-electron chi connectivity index (χ0n) is 16.8. The molecule has 2 aromatic rings. The zero-order chi connectivity index (χ0) is 21.3. The molecule has 0 aliphatic rings. The number of phosphoric ester groups is 1. The Morgan fingerprint density at radius 2 is 1.93 bits per heavy atom. The summed E-state index contributed by atoms with van der Waals surface area (Å²) in [6.07, 6.45) is 1.91. The second-order valence-electron chi connectivity index (χ2n) is 7.27. The number of hydrogen-bond donors (Lipinski definition) is 3. The number of benzene rings is 1. The predicted octanol–water partition coefficient (Wildman–Crippen LogP) is 3.77. The van der Waals surface area contributed by atoms with Gasteiger partial charge in [0.25, 0.3) is 0 Å². The molecule has 0 fully saturated rings. The summed E-state index contributed by atoms with van der Waals surface area (Å²) in [7, 11) is -4.50. The van der Waals surface area contributed by atoms with Crippen LogP contribution in [0.25, 0.3) is 0 Å². The lowest BCUT2D eigenvalue weighted by molar-refractivity contribution is 0.126. The highest BCUT2D eigenvalue weighted by Gasteiger charge is 2.24. The summed E-state index contributed by atoms with van der Waals surface area (Å²) in [6.45, 7) is 4.76. The molecule has 4 N–H and O–H groups in total. The molecule has 1 aromatic heterocycles. The SMILES string of the molecule is Cc1ccc(COCCC#Cc2ccc(CCC(C)(N)COP(=O)(O)O)s2)cc1. The van der Waals surface area contributed by atoms with Gasteiger partial charge in [-0.05, 0) is 44.4 Å². The monoisotopic (exact) mass is 437 g/mol. The van der Waals surface area contributed by atoms with E-state index in [0.29, 0.717) is 32.5 Å². The first kappa shape index (κ1) is 23.8. The molecule has 0 radical (unpaired) electrons. The molecule has 0 amide bonds. The van der Waals surface area contributed by atoms with Crippen LogP contribution in [0.2, 0.25) is 0 Å². The van der Waals surface area contributed by atoms with Crippen LogP contribution in [0, 0.1) is 18.8 Å². The van der Waals surface area contributed by atoms with Crippen molar-refractivity contribution in [1.29, 1.82) is 0 Å². The van der Waals surface area contributed by atoms with Gasteiger partial charge in [-0.2, -0.15) is 0 Å². The Hall–Kier alpha value is -1.49. The van der Waals surface area contributed by atoms with Crippen molar-refractivity contribution in [2.24, 2.45) is 5.73 Å². The largest absolute Gasteiger partial charge is 0.469 e. The second kappa shape index (κ2) is 11.1. The summed E-state index contributed by atoms with van der Waals surface area (Å²) in [5.41, 5.74) is 7.63. The minimum Gasteiger partial charge on any atom is -0.376 e. The number of aryl methyl sites for hydroxylation is 2. The van der Waals surface area contributed by atoms with E-state index < -0.39 is 13.4 Å². The number of nitrogens with two attached hydrogens (primary N) is 1. The summed E-state index contributed by atoms with van der Waals surface area (Å²) >= 11 is 1.59. The number of thiophene rings is 1. The van der Waals surface area contributed by atoms with E-state index in [1.807, 2.05) is 12.1 Å². The number of rotatable bonds is 10. The highest BCUT2D eigenvalue weighted by molar-refractivity contribution is 7.46. The fourth-order valence-corrected chi connectivity index (χ4v) is 3.78. The molecule has 6 nitrogen and oxygen atoms in total. The van der Waals surface area contributed by atoms with Gasteiger partial charge in [-0.25, -0.2) is 4.57 Å². The van der Waals surface area contributed by atoms with Gasteiger partial charge in [0.1, 0.15) is 0 Å². The van der Waals surface area contributed by atoms with E-state index in [4.69, 9.17) is 20.3 Å². The molecular formula is C21H28NO5PS. The van der Waals surface area contributed by atoms with Gasteiger partial charge in [-0.15, -0.1) is 11.3 Å². The first-order valence-electron chi connectivity index (χ1n) is 9.33. The molecule has 0 aliphatic heterocycles. The molecule has 0 bridgehead atoms. The summed E-state index contributed by atoms with van der Waals surface area (Å²) in [5.74, 6) is 6.27. The van der Waals surface area contributed by atoms with Crippen molar-refractivity contribution in [3.05, 3.63) is 57.3 Å². The lowest BCUT2D eigenvalue weighted by Gasteiger charge is -2.24. The maximum Gasteiger partial charge on any atom is 0.469 e. The molecule has 1 unspecified atom stereocenters. The van der Waals surface area contributed by atoms with E-state index >= 15 is 0 Å². The van der Waals surface area contributed by atoms with Gasteiger partial charge in [-0.3, -0.25) is 4.52 Å². The summed E-state index contributed by atoms with van der Waals surface area (Å²) in [4.78, 5) is 19.7. The van der Waals surface area contributed by atoms with E-state index in [2.05, 4.69) is 47.6 Å². The van der Waals surface area contributed by atoms with E-state index in [0.717, 1.165) is 15.3 Å². The van der Waals surface area contributed by atoms with Crippen LogP contribution in [0.4, 0.5) is 0 Å². The normalized spacial score (nSPS) is 13.6. The van der Waals surface area contributed by atoms with Crippen LogP contribution in [0.15, 0.2) is 36.4 Å². The fourth-order valence-electron chi connectivity index (χ4n) is 2.44. The van der Waals surface area contributed by atoms with Crippen LogP contribution in [-0.2, 0) is 26.9 Å². The molecule has 8 heteroatoms. The van der Waals surface area contributed by atoms with Crippen LogP contribution in [0.5, 0.6) is 0 Å². The second-order valence-corrected chi connectivity index (χ2v) is 9.68. The summed E-state index contributed by atoms with van der Waals surface area (Å²) < 4.78 is 21.0. The Kier molecular flexibility index (Phi) is 9.06. The Balaban J connectivity index is 1.69. The van der Waals surface area contributed by atoms with Crippen molar-refractivity contribution in [2.45, 2.75) is 45.3 Å². The summed E-state index contributed by atoms with van der Waals surface area (Å²) in [5, 5.41) is 0. The van der Waals surface area contributed by atoms with Gasteiger partial charge < -0.3 is 20.3 Å². The standard InChI is InChI=1S/C21H28NO5PS/c1-17-6-8-18(9-7-17)15-26-14-4-3-5-19-10-11-20(29-19)12-13-21(2,22)16-27-28(23,24)25/h6-11H,4,12-16,22H2,1-2H3,(H2,23,24,25). The lowest BCUT2D eigenvalue weighted by Crippen LogP contribution is -2.41. The van der Waals surface area contributed by atoms with Crippen molar-refractivity contribution < 1.29 is 23.6 Å². The number of hydrogen-bond acceptors (Lipinski definition) is 5. The van der Waals surface area contributed by atoms with Crippen LogP contribution < -0.4 is 5.73 Å². The minimum absolute atomic E-state index is 0.197. The topological polar surface area (TPSA) is 102 Å². The van der Waals surface area contributed by atoms with Gasteiger partial charge in [0.15, 0.2) is 0 Å². The van der Waals surface area contributed by atoms with Gasteiger partial charge in [0.2, 0.25) is 0 Å². The zero-order valence-corrected chi connectivity index (χ0v) is 18.5. The van der Waals surface area contributed by atoms with Crippen LogP contribution in [0.1, 0.15) is 40.6 Å². The van der Waals surface area contributed by atoms with Crippen molar-refractivity contribution in [2.75, 3.05) is 13.2 Å². The molecule has 1 aromatic carbocycles. The number of phosphoric acid groups is 1. The van der Waals surface area contributed by atoms with Crippen LogP contribution in [-0.4, -0.2) is 28.5 Å². The highest BCUT2D eigenvalue weighted by Crippen LogP contribution is 2.37. The Morgan fingerprint density at radius 1 is 1.21 bits per heavy atom. The number of ether oxygens (including phenoxy) is 1. The fraction of sp³-hybridized carbons (Fsp3) is 0.429. The molecular weight excluding hydrogens is 409 g/mol. The third-order valence-electron chi connectivity index (χ3n) is 4.14. The van der Waals surface area contributed by atoms with Crippen molar-refractivity contribution >= 4 is 19.2 Å². The maximum atomic E-state index is 10.8. The molecule has 1 heterocycles. The van der Waals surface area contributed by atoms with E-state index in [1.54, 1.807) is 18.3 Å².